The third kappa shape index (κ3) is 2.41. The number of aliphatic imine (C=N–C) groups is 1. The fourth-order valence-electron chi connectivity index (χ4n) is 2.82. The predicted octanol–water partition coefficient (Wildman–Crippen LogP) is 0.629. The summed E-state index contributed by atoms with van der Waals surface area (Å²) in [5, 5.41) is 4.18. The summed E-state index contributed by atoms with van der Waals surface area (Å²) in [5.74, 6) is -0.407. The van der Waals surface area contributed by atoms with E-state index in [0.717, 1.165) is 28.0 Å². The first-order valence-electron chi connectivity index (χ1n) is 7.55. The van der Waals surface area contributed by atoms with Crippen LogP contribution in [0, 0.1) is 5.82 Å². The molecule has 4 heterocycles. The van der Waals surface area contributed by atoms with Crippen LogP contribution >= 0.6 is 0 Å². The molecular weight excluding hydrogens is 306 g/mol. The fourth-order valence-corrected chi connectivity index (χ4v) is 2.82. The van der Waals surface area contributed by atoms with E-state index in [1.165, 1.54) is 6.07 Å². The summed E-state index contributed by atoms with van der Waals surface area (Å²) < 4.78 is 15.8. The molecule has 24 heavy (non-hydrogen) atoms. The van der Waals surface area contributed by atoms with Crippen molar-refractivity contribution in [2.45, 2.75) is 6.54 Å². The van der Waals surface area contributed by atoms with Crippen molar-refractivity contribution in [2.75, 3.05) is 0 Å². The van der Waals surface area contributed by atoms with Gasteiger partial charge in [0, 0.05) is 60.1 Å². The molecule has 3 aromatic rings. The maximum Gasteiger partial charge on any atom is 0.244 e. The third-order valence-corrected chi connectivity index (χ3v) is 4.04. The van der Waals surface area contributed by atoms with Gasteiger partial charge < -0.3 is 5.73 Å². The topological polar surface area (TPSA) is 82.0 Å². The van der Waals surface area contributed by atoms with Crippen molar-refractivity contribution in [3.63, 3.8) is 0 Å². The lowest BCUT2D eigenvalue weighted by Gasteiger charge is -2.07. The number of fused-ring (bicyclic) bond motifs is 1. The van der Waals surface area contributed by atoms with Crippen LogP contribution in [0.2, 0.25) is 0 Å². The SMILES string of the molecule is Cn1cc(C2=Nc3c(-c4cnc(CN)c(F)c4)ccnc3B2)cn1. The van der Waals surface area contributed by atoms with E-state index in [1.54, 1.807) is 23.3 Å². The number of nitrogens with two attached hydrogens (primary N) is 1. The van der Waals surface area contributed by atoms with Crippen molar-refractivity contribution in [1.29, 1.82) is 0 Å². The van der Waals surface area contributed by atoms with E-state index in [2.05, 4.69) is 15.1 Å². The molecule has 8 heteroatoms. The number of aryl methyl sites for hydroxylation is 1. The Morgan fingerprint density at radius 1 is 1.25 bits per heavy atom. The minimum atomic E-state index is -0.407. The van der Waals surface area contributed by atoms with Gasteiger partial charge in [-0.2, -0.15) is 5.10 Å². The lowest BCUT2D eigenvalue weighted by molar-refractivity contribution is 0.600. The number of nitrogens with zero attached hydrogens (tertiary/aromatic N) is 5. The highest BCUT2D eigenvalue weighted by Crippen LogP contribution is 2.31. The smallest absolute Gasteiger partial charge is 0.244 e. The van der Waals surface area contributed by atoms with Crippen molar-refractivity contribution in [1.82, 2.24) is 19.7 Å². The first kappa shape index (κ1) is 14.7. The summed E-state index contributed by atoms with van der Waals surface area (Å²) >= 11 is 0. The van der Waals surface area contributed by atoms with Crippen LogP contribution in [0.15, 0.2) is 41.9 Å². The van der Waals surface area contributed by atoms with Crippen LogP contribution in [0.5, 0.6) is 0 Å². The average Bonchev–Trinajstić information content (AvgIpc) is 3.20. The van der Waals surface area contributed by atoms with Gasteiger partial charge in [-0.25, -0.2) is 4.39 Å². The van der Waals surface area contributed by atoms with Crippen molar-refractivity contribution >= 4 is 24.2 Å². The Labute approximate surface area is 138 Å². The van der Waals surface area contributed by atoms with Gasteiger partial charge in [0.2, 0.25) is 7.28 Å². The standard InChI is InChI=1S/C16H14BFN6/c1-24-8-10(7-22-24)15-17-16-14(23-15)11(2-3-20-16)9-4-12(18)13(5-19)21-6-9/h2-4,6-8,17H,5,19H2,1H3. The maximum atomic E-state index is 14.0. The molecule has 1 aliphatic rings. The summed E-state index contributed by atoms with van der Waals surface area (Å²) in [5.41, 5.74) is 10.7. The molecule has 118 valence electrons. The zero-order valence-corrected chi connectivity index (χ0v) is 13.1. The summed E-state index contributed by atoms with van der Waals surface area (Å²) in [4.78, 5) is 13.2. The molecule has 0 spiro atoms. The zero-order chi connectivity index (χ0) is 16.7. The summed E-state index contributed by atoms with van der Waals surface area (Å²) in [7, 11) is 2.49. The number of aromatic nitrogens is 4. The van der Waals surface area contributed by atoms with Gasteiger partial charge in [-0.15, -0.1) is 0 Å². The van der Waals surface area contributed by atoms with E-state index in [-0.39, 0.29) is 12.2 Å². The van der Waals surface area contributed by atoms with Crippen LogP contribution in [0.4, 0.5) is 10.1 Å². The first-order chi connectivity index (χ1) is 11.7. The normalized spacial score (nSPS) is 12.7. The Bertz CT molecular complexity index is 965. The maximum absolute atomic E-state index is 14.0. The van der Waals surface area contributed by atoms with E-state index in [9.17, 15) is 4.39 Å². The van der Waals surface area contributed by atoms with Crippen LogP contribution in [-0.2, 0) is 13.6 Å². The predicted molar refractivity (Wildman–Crippen MR) is 91.5 cm³/mol. The first-order valence-corrected chi connectivity index (χ1v) is 7.55. The molecule has 0 amide bonds. The van der Waals surface area contributed by atoms with Crippen LogP contribution < -0.4 is 11.3 Å². The van der Waals surface area contributed by atoms with E-state index in [0.29, 0.717) is 12.8 Å². The van der Waals surface area contributed by atoms with Gasteiger partial charge in [-0.05, 0) is 12.1 Å². The Morgan fingerprint density at radius 3 is 2.83 bits per heavy atom. The van der Waals surface area contributed by atoms with Crippen molar-refractivity contribution in [2.24, 2.45) is 17.8 Å². The van der Waals surface area contributed by atoms with E-state index in [1.807, 2.05) is 19.3 Å². The molecule has 1 aliphatic heterocycles. The second-order valence-corrected chi connectivity index (χ2v) is 5.65. The Morgan fingerprint density at radius 2 is 2.12 bits per heavy atom. The van der Waals surface area contributed by atoms with E-state index in [4.69, 9.17) is 10.7 Å². The van der Waals surface area contributed by atoms with Crippen LogP contribution in [0.3, 0.4) is 0 Å². The average molecular weight is 320 g/mol. The number of rotatable bonds is 3. The summed E-state index contributed by atoms with van der Waals surface area (Å²) in [6.45, 7) is 0.0733. The molecule has 3 aromatic heterocycles. The monoisotopic (exact) mass is 320 g/mol. The molecular formula is C16H14BFN6. The number of hydrogen-bond acceptors (Lipinski definition) is 5. The third-order valence-electron chi connectivity index (χ3n) is 4.04. The molecule has 0 fully saturated rings. The fraction of sp³-hybridized carbons (Fsp3) is 0.125. The highest BCUT2D eigenvalue weighted by Gasteiger charge is 2.23. The number of pyridine rings is 2. The quantitative estimate of drug-likeness (QED) is 0.718. The van der Waals surface area contributed by atoms with E-state index >= 15 is 0 Å². The number of halogens is 1. The molecule has 0 radical (unpaired) electrons. The van der Waals surface area contributed by atoms with Crippen molar-refractivity contribution < 1.29 is 4.39 Å². The molecule has 0 saturated heterocycles. The van der Waals surface area contributed by atoms with Gasteiger partial charge in [0.05, 0.1) is 17.6 Å². The van der Waals surface area contributed by atoms with Gasteiger partial charge in [0.1, 0.15) is 5.82 Å². The highest BCUT2D eigenvalue weighted by molar-refractivity contribution is 6.90. The van der Waals surface area contributed by atoms with Gasteiger partial charge in [0.25, 0.3) is 0 Å². The largest absolute Gasteiger partial charge is 0.325 e. The molecule has 4 rings (SSSR count). The molecule has 0 aliphatic carbocycles. The lowest BCUT2D eigenvalue weighted by atomic mass is 9.68. The molecule has 0 unspecified atom stereocenters. The van der Waals surface area contributed by atoms with Crippen molar-refractivity contribution in [3.05, 3.63) is 54.0 Å². The van der Waals surface area contributed by atoms with Gasteiger partial charge in [-0.1, -0.05) is 0 Å². The molecule has 2 N–H and O–H groups in total. The highest BCUT2D eigenvalue weighted by atomic mass is 19.1. The minimum Gasteiger partial charge on any atom is -0.325 e. The Balaban J connectivity index is 1.79. The molecule has 0 bridgehead atoms. The summed E-state index contributed by atoms with van der Waals surface area (Å²) in [6, 6.07) is 3.27. The molecule has 0 atom stereocenters. The molecule has 6 nitrogen and oxygen atoms in total. The lowest BCUT2D eigenvalue weighted by Crippen LogP contribution is -2.21. The summed E-state index contributed by atoms with van der Waals surface area (Å²) in [6.07, 6.45) is 7.03. The minimum absolute atomic E-state index is 0.0733. The van der Waals surface area contributed by atoms with Crippen molar-refractivity contribution in [3.8, 4) is 11.1 Å². The Hall–Kier alpha value is -2.87. The van der Waals surface area contributed by atoms with Gasteiger partial charge in [0.15, 0.2) is 0 Å². The zero-order valence-electron chi connectivity index (χ0n) is 13.1. The molecule has 0 saturated carbocycles. The second-order valence-electron chi connectivity index (χ2n) is 5.65. The van der Waals surface area contributed by atoms with Crippen LogP contribution in [0.25, 0.3) is 11.1 Å². The van der Waals surface area contributed by atoms with Crippen LogP contribution in [0.1, 0.15) is 11.3 Å². The molecule has 0 aromatic carbocycles. The number of hydrogen-bond donors (Lipinski definition) is 1. The van der Waals surface area contributed by atoms with Gasteiger partial charge in [-0.3, -0.25) is 19.6 Å². The van der Waals surface area contributed by atoms with Gasteiger partial charge >= 0.3 is 0 Å². The second kappa shape index (κ2) is 5.65. The van der Waals surface area contributed by atoms with E-state index < -0.39 is 5.82 Å². The van der Waals surface area contributed by atoms with Crippen LogP contribution in [-0.4, -0.2) is 32.6 Å². The Kier molecular flexibility index (Phi) is 3.46.